The molecule has 0 amide bonds. The zero-order chi connectivity index (χ0) is 14.6. The van der Waals surface area contributed by atoms with Crippen molar-refractivity contribution in [3.05, 3.63) is 61.5 Å². The second-order valence-corrected chi connectivity index (χ2v) is 5.18. The van der Waals surface area contributed by atoms with Crippen molar-refractivity contribution in [2.24, 2.45) is 0 Å². The summed E-state index contributed by atoms with van der Waals surface area (Å²) >= 11 is 1.71. The van der Waals surface area contributed by atoms with Crippen LogP contribution < -0.4 is 10.0 Å². The highest BCUT2D eigenvalue weighted by Gasteiger charge is 2.06. The van der Waals surface area contributed by atoms with E-state index in [1.54, 1.807) is 24.3 Å². The topological polar surface area (TPSA) is 37.0 Å². The van der Waals surface area contributed by atoms with Crippen LogP contribution in [0, 0.1) is 0 Å². The molecule has 2 N–H and O–H groups in total. The van der Waals surface area contributed by atoms with E-state index in [0.29, 0.717) is 6.04 Å². The van der Waals surface area contributed by atoms with Gasteiger partial charge in [0.15, 0.2) is 0 Å². The minimum atomic E-state index is 0.461. The van der Waals surface area contributed by atoms with Gasteiger partial charge in [-0.05, 0) is 37.6 Å². The number of pyridine rings is 1. The van der Waals surface area contributed by atoms with Gasteiger partial charge >= 0.3 is 0 Å². The van der Waals surface area contributed by atoms with Crippen molar-refractivity contribution in [1.82, 2.24) is 10.3 Å². The Labute approximate surface area is 126 Å². The molecule has 0 unspecified atom stereocenters. The molecule has 1 atom stereocenters. The first-order chi connectivity index (χ1) is 9.80. The molecule has 20 heavy (non-hydrogen) atoms. The first kappa shape index (κ1) is 16.5. The molecule has 0 aliphatic rings. The Hall–Kier alpha value is -1.52. The fraction of sp³-hybridized carbons (Fsp3) is 0.312. The van der Waals surface area contributed by atoms with Gasteiger partial charge in [-0.2, -0.15) is 0 Å². The van der Waals surface area contributed by atoms with E-state index >= 15 is 0 Å². The van der Waals surface area contributed by atoms with Crippen LogP contribution in [0.15, 0.2) is 61.5 Å². The van der Waals surface area contributed by atoms with Crippen LogP contribution in [0.25, 0.3) is 0 Å². The molecule has 4 heteroatoms. The van der Waals surface area contributed by atoms with Crippen molar-refractivity contribution in [2.75, 3.05) is 17.5 Å². The first-order valence-corrected chi connectivity index (χ1v) is 7.67. The molecule has 0 aliphatic heterocycles. The second-order valence-electron chi connectivity index (χ2n) is 4.35. The Kier molecular flexibility index (Phi) is 8.51. The van der Waals surface area contributed by atoms with Gasteiger partial charge in [0.05, 0.1) is 0 Å². The van der Waals surface area contributed by atoms with E-state index in [9.17, 15) is 0 Å². The summed E-state index contributed by atoms with van der Waals surface area (Å²) < 4.78 is 3.32. The largest absolute Gasteiger partial charge is 0.330 e. The predicted octanol–water partition coefficient (Wildman–Crippen LogP) is 3.81. The molecule has 1 rings (SSSR count). The summed E-state index contributed by atoms with van der Waals surface area (Å²) in [4.78, 5) is 4.00. The molecule has 0 bridgehead atoms. The zero-order valence-electron chi connectivity index (χ0n) is 12.0. The number of allylic oxidation sites excluding steroid dienone is 4. The molecular formula is C16H23N3S. The van der Waals surface area contributed by atoms with Gasteiger partial charge in [0, 0.05) is 29.9 Å². The van der Waals surface area contributed by atoms with Crippen molar-refractivity contribution in [2.45, 2.75) is 18.9 Å². The molecule has 0 fully saturated rings. The minimum absolute atomic E-state index is 0.461. The quantitative estimate of drug-likeness (QED) is 0.507. The molecule has 108 valence electrons. The van der Waals surface area contributed by atoms with Crippen molar-refractivity contribution in [1.29, 1.82) is 0 Å². The Bertz CT molecular complexity index is 429. The van der Waals surface area contributed by atoms with Crippen LogP contribution >= 0.6 is 11.9 Å². The van der Waals surface area contributed by atoms with Crippen LogP contribution in [0.3, 0.4) is 0 Å². The van der Waals surface area contributed by atoms with Crippen molar-refractivity contribution in [3.8, 4) is 0 Å². The fourth-order valence-corrected chi connectivity index (χ4v) is 2.62. The van der Waals surface area contributed by atoms with Crippen LogP contribution in [0.4, 0.5) is 5.69 Å². The summed E-state index contributed by atoms with van der Waals surface area (Å²) in [6, 6.07) is 4.39. The van der Waals surface area contributed by atoms with Crippen molar-refractivity contribution in [3.63, 3.8) is 0 Å². The lowest BCUT2D eigenvalue weighted by Gasteiger charge is -2.16. The Balaban J connectivity index is 2.30. The van der Waals surface area contributed by atoms with E-state index in [1.165, 1.54) is 5.57 Å². The lowest BCUT2D eigenvalue weighted by Crippen LogP contribution is -2.28. The summed E-state index contributed by atoms with van der Waals surface area (Å²) in [5.41, 5.74) is 2.31. The monoisotopic (exact) mass is 289 g/mol. The lowest BCUT2D eigenvalue weighted by molar-refractivity contribution is 0.574. The summed E-state index contributed by atoms with van der Waals surface area (Å²) in [5.74, 6) is 0.997. The third kappa shape index (κ3) is 6.59. The molecule has 0 saturated heterocycles. The zero-order valence-corrected chi connectivity index (χ0v) is 12.8. The smallest absolute Gasteiger partial charge is 0.0470 e. The van der Waals surface area contributed by atoms with E-state index in [4.69, 9.17) is 0 Å². The van der Waals surface area contributed by atoms with E-state index in [1.807, 2.05) is 37.4 Å². The van der Waals surface area contributed by atoms with Gasteiger partial charge in [-0.15, -0.1) is 0 Å². The number of hydrogen-bond donors (Lipinski definition) is 2. The number of aromatic nitrogens is 1. The molecule has 1 aromatic rings. The van der Waals surface area contributed by atoms with Gasteiger partial charge in [-0.25, -0.2) is 0 Å². The van der Waals surface area contributed by atoms with Crippen molar-refractivity contribution < 1.29 is 0 Å². The molecule has 0 spiro atoms. The summed E-state index contributed by atoms with van der Waals surface area (Å²) in [7, 11) is 2.00. The highest BCUT2D eigenvalue weighted by Crippen LogP contribution is 2.15. The molecule has 0 aromatic carbocycles. The minimum Gasteiger partial charge on any atom is -0.330 e. The summed E-state index contributed by atoms with van der Waals surface area (Å²) in [5, 5.41) is 3.35. The van der Waals surface area contributed by atoms with Crippen LogP contribution in [0.1, 0.15) is 12.8 Å². The molecule has 0 saturated carbocycles. The van der Waals surface area contributed by atoms with Crippen LogP contribution in [-0.4, -0.2) is 23.8 Å². The maximum absolute atomic E-state index is 4.00. The first-order valence-electron chi connectivity index (χ1n) is 6.69. The molecular weight excluding hydrogens is 266 g/mol. The number of hydrogen-bond acceptors (Lipinski definition) is 4. The number of nitrogens with one attached hydrogen (secondary N) is 2. The third-order valence-electron chi connectivity index (χ3n) is 2.94. The Morgan fingerprint density at radius 3 is 2.75 bits per heavy atom. The van der Waals surface area contributed by atoms with Gasteiger partial charge in [0.25, 0.3) is 0 Å². The van der Waals surface area contributed by atoms with Gasteiger partial charge in [-0.3, -0.25) is 4.98 Å². The molecule has 1 heterocycles. The summed E-state index contributed by atoms with van der Waals surface area (Å²) in [6.45, 7) is 7.55. The van der Waals surface area contributed by atoms with Gasteiger partial charge in [0.2, 0.25) is 0 Å². The normalized spacial score (nSPS) is 12.8. The van der Waals surface area contributed by atoms with Gasteiger partial charge in [0.1, 0.15) is 0 Å². The van der Waals surface area contributed by atoms with E-state index in [-0.39, 0.29) is 0 Å². The number of rotatable bonds is 10. The molecule has 0 aliphatic carbocycles. The lowest BCUT2D eigenvalue weighted by atomic mass is 10.1. The second kappa shape index (κ2) is 10.3. The molecule has 3 nitrogen and oxygen atoms in total. The maximum Gasteiger partial charge on any atom is 0.0470 e. The maximum atomic E-state index is 4.00. The average molecular weight is 289 g/mol. The predicted molar refractivity (Wildman–Crippen MR) is 90.9 cm³/mol. The van der Waals surface area contributed by atoms with Crippen molar-refractivity contribution >= 4 is 17.6 Å². The summed E-state index contributed by atoms with van der Waals surface area (Å²) in [6.07, 6.45) is 11.4. The highest BCUT2D eigenvalue weighted by atomic mass is 32.2. The van der Waals surface area contributed by atoms with E-state index in [0.717, 1.165) is 24.3 Å². The average Bonchev–Trinajstić information content (AvgIpc) is 2.50. The van der Waals surface area contributed by atoms with Crippen LogP contribution in [0.5, 0.6) is 0 Å². The third-order valence-corrected chi connectivity index (χ3v) is 3.89. The molecule has 1 aromatic heterocycles. The number of anilines is 1. The van der Waals surface area contributed by atoms with E-state index in [2.05, 4.69) is 28.2 Å². The Morgan fingerprint density at radius 1 is 1.40 bits per heavy atom. The Morgan fingerprint density at radius 2 is 2.15 bits per heavy atom. The van der Waals surface area contributed by atoms with Gasteiger partial charge in [-0.1, -0.05) is 43.3 Å². The highest BCUT2D eigenvalue weighted by molar-refractivity contribution is 8.00. The standard InChI is InChI=1S/C16H23N3S/c1-4-6-14(5-2)7-8-16(17-3)13-20-19-15-9-11-18-12-10-15/h4-6,9-12,16-17H,1-2,7-8,13H2,3H3,(H,18,19)/b14-6+/t16-/m0/s1. The molecule has 0 radical (unpaired) electrons. The number of nitrogens with zero attached hydrogens (tertiary/aromatic N) is 1. The van der Waals surface area contributed by atoms with E-state index < -0.39 is 0 Å². The van der Waals surface area contributed by atoms with Crippen LogP contribution in [0.2, 0.25) is 0 Å². The SMILES string of the molecule is C=C/C=C(\C=C)CC[C@@H](CSNc1ccncc1)NC. The fourth-order valence-electron chi connectivity index (χ4n) is 1.70. The van der Waals surface area contributed by atoms with Gasteiger partial charge < -0.3 is 10.0 Å². The van der Waals surface area contributed by atoms with Crippen LogP contribution in [-0.2, 0) is 0 Å².